The number of nitrogens with zero attached hydrogens (tertiary/aromatic N) is 2. The van der Waals surface area contributed by atoms with Crippen molar-refractivity contribution in [3.05, 3.63) is 206 Å². The van der Waals surface area contributed by atoms with Crippen LogP contribution in [0.15, 0.2) is 211 Å². The van der Waals surface area contributed by atoms with Crippen LogP contribution in [0, 0.1) is 0 Å². The molecule has 272 valence electrons. The zero-order valence-electron chi connectivity index (χ0n) is 31.3. The Balaban J connectivity index is 0.975. The van der Waals surface area contributed by atoms with Crippen LogP contribution in [0.2, 0.25) is 0 Å². The third kappa shape index (κ3) is 5.27. The van der Waals surface area contributed by atoms with Crippen molar-refractivity contribution >= 4 is 94.6 Å². The maximum atomic E-state index is 6.40. The topological polar surface area (TPSA) is 21.3 Å². The fourth-order valence-corrected chi connectivity index (χ4v) is 11.3. The second-order valence-electron chi connectivity index (χ2n) is 14.9. The van der Waals surface area contributed by atoms with Crippen molar-refractivity contribution in [3.8, 4) is 27.9 Å². The summed E-state index contributed by atoms with van der Waals surface area (Å²) in [5, 5.41) is 7.48. The molecule has 0 aliphatic rings. The van der Waals surface area contributed by atoms with Crippen molar-refractivity contribution in [2.24, 2.45) is 0 Å². The van der Waals surface area contributed by atoms with E-state index in [0.717, 1.165) is 50.3 Å². The van der Waals surface area contributed by atoms with Gasteiger partial charge in [-0.3, -0.25) is 0 Å². The first-order chi connectivity index (χ1) is 28.7. The van der Waals surface area contributed by atoms with Gasteiger partial charge in [0.1, 0.15) is 0 Å². The van der Waals surface area contributed by atoms with Gasteiger partial charge in [0, 0.05) is 16.5 Å². The van der Waals surface area contributed by atoms with Gasteiger partial charge in [-0.2, -0.15) is 0 Å². The molecule has 0 bridgehead atoms. The number of benzene rings is 9. The molecular weight excluding hydrogens is 772 g/mol. The molecular formula is C54H34N2OSe. The van der Waals surface area contributed by atoms with Gasteiger partial charge in [0.25, 0.3) is 0 Å². The number of para-hydroxylation sites is 3. The van der Waals surface area contributed by atoms with Crippen LogP contribution in [-0.2, 0) is 0 Å². The molecule has 3 heterocycles. The quantitative estimate of drug-likeness (QED) is 0.156. The fourth-order valence-electron chi connectivity index (χ4n) is 8.89. The van der Waals surface area contributed by atoms with Gasteiger partial charge in [-0.05, 0) is 35.9 Å². The van der Waals surface area contributed by atoms with Crippen LogP contribution < -0.4 is 4.90 Å². The van der Waals surface area contributed by atoms with Crippen molar-refractivity contribution in [2.75, 3.05) is 4.90 Å². The Kier molecular flexibility index (Phi) is 7.56. The first-order valence-electron chi connectivity index (χ1n) is 19.7. The average Bonchev–Trinajstić information content (AvgIpc) is 3.97. The summed E-state index contributed by atoms with van der Waals surface area (Å²) in [6.07, 6.45) is 0. The van der Waals surface area contributed by atoms with Crippen LogP contribution in [0.3, 0.4) is 0 Å². The Labute approximate surface area is 341 Å². The molecule has 0 saturated heterocycles. The van der Waals surface area contributed by atoms with Crippen LogP contribution in [0.5, 0.6) is 0 Å². The number of fused-ring (bicyclic) bond motifs is 9. The third-order valence-corrected chi connectivity index (χ3v) is 14.0. The summed E-state index contributed by atoms with van der Waals surface area (Å²) in [4.78, 5) is 2.37. The second-order valence-corrected chi connectivity index (χ2v) is 17.2. The minimum Gasteiger partial charge on any atom is -0.0602 e. The van der Waals surface area contributed by atoms with E-state index in [1.54, 1.807) is 0 Å². The van der Waals surface area contributed by atoms with Gasteiger partial charge in [0.05, 0.1) is 11.0 Å². The molecule has 4 heteroatoms. The summed E-state index contributed by atoms with van der Waals surface area (Å²) >= 11 is 0.322. The van der Waals surface area contributed by atoms with E-state index in [2.05, 4.69) is 210 Å². The van der Waals surface area contributed by atoms with Gasteiger partial charge in [0.2, 0.25) is 0 Å². The van der Waals surface area contributed by atoms with E-state index < -0.39 is 0 Å². The summed E-state index contributed by atoms with van der Waals surface area (Å²) in [7, 11) is 0. The summed E-state index contributed by atoms with van der Waals surface area (Å²) in [5.41, 5.74) is 13.4. The van der Waals surface area contributed by atoms with E-state index in [4.69, 9.17) is 4.42 Å². The molecule has 0 fully saturated rings. The van der Waals surface area contributed by atoms with E-state index in [1.165, 1.54) is 57.8 Å². The molecule has 3 nitrogen and oxygen atoms in total. The van der Waals surface area contributed by atoms with Crippen LogP contribution in [0.4, 0.5) is 17.1 Å². The van der Waals surface area contributed by atoms with Gasteiger partial charge in [-0.25, -0.2) is 0 Å². The minimum atomic E-state index is 0.322. The van der Waals surface area contributed by atoms with E-state index >= 15 is 0 Å². The first kappa shape index (κ1) is 33.1. The molecule has 9 aromatic carbocycles. The summed E-state index contributed by atoms with van der Waals surface area (Å²) in [6, 6.07) is 74.8. The number of furan rings is 1. The summed E-state index contributed by atoms with van der Waals surface area (Å²) in [6.45, 7) is 0. The zero-order valence-corrected chi connectivity index (χ0v) is 33.1. The molecule has 0 aliphatic carbocycles. The van der Waals surface area contributed by atoms with E-state index in [0.29, 0.717) is 14.5 Å². The molecule has 0 unspecified atom stereocenters. The summed E-state index contributed by atoms with van der Waals surface area (Å²) in [5.74, 6) is 0. The van der Waals surface area contributed by atoms with Gasteiger partial charge in [-0.15, -0.1) is 0 Å². The van der Waals surface area contributed by atoms with Crippen LogP contribution in [0.25, 0.3) is 91.0 Å². The SMILES string of the molecule is c1ccc(-n2c3ccccc3c3ccc(-c4ccc(N(c5ccc(-c6ccc7c(c6)[se]c6ccccc67)cc5)c5cccc6oc7ccccc7c56)cc4)cc32)cc1. The normalized spacial score (nSPS) is 11.8. The molecule has 3 aromatic heterocycles. The standard InChI is InChI=1S/C54H34N2OSe/c1-2-11-39(12-3-1)56-47-16-7-4-13-42(47)43-31-25-37(33-49(43)56)35-21-27-40(28-22-35)55(48-17-10-19-51-54(48)46-15-5-8-18-50(46)57-51)41-29-23-36(24-30-41)38-26-32-45-44-14-6-9-20-52(44)58-53(45)34-38/h1-34H. The van der Waals surface area contributed by atoms with Gasteiger partial charge in [-0.1, -0.05) is 60.7 Å². The monoisotopic (exact) mass is 806 g/mol. The predicted octanol–water partition coefficient (Wildman–Crippen LogP) is 14.9. The number of rotatable bonds is 6. The molecule has 0 saturated carbocycles. The Bertz CT molecular complexity index is 3500. The Morgan fingerprint density at radius 1 is 0.379 bits per heavy atom. The minimum absolute atomic E-state index is 0.322. The average molecular weight is 806 g/mol. The molecule has 0 spiro atoms. The summed E-state index contributed by atoms with van der Waals surface area (Å²) < 4.78 is 11.7. The Morgan fingerprint density at radius 2 is 0.948 bits per heavy atom. The van der Waals surface area contributed by atoms with E-state index in [9.17, 15) is 0 Å². The predicted molar refractivity (Wildman–Crippen MR) is 246 cm³/mol. The second kappa shape index (κ2) is 13.2. The zero-order chi connectivity index (χ0) is 38.2. The maximum absolute atomic E-state index is 6.40. The molecule has 12 rings (SSSR count). The molecule has 0 aliphatic heterocycles. The maximum Gasteiger partial charge on any atom is 0.0547 e. The van der Waals surface area contributed by atoms with Crippen LogP contribution in [-0.4, -0.2) is 19.1 Å². The number of aromatic nitrogens is 1. The van der Waals surface area contributed by atoms with Gasteiger partial charge < -0.3 is 4.57 Å². The Morgan fingerprint density at radius 3 is 1.72 bits per heavy atom. The molecule has 58 heavy (non-hydrogen) atoms. The molecule has 12 aromatic rings. The first-order valence-corrected chi connectivity index (χ1v) is 21.4. The third-order valence-electron chi connectivity index (χ3n) is 11.6. The fraction of sp³-hybridized carbons (Fsp3) is 0. The van der Waals surface area contributed by atoms with Crippen molar-refractivity contribution in [2.45, 2.75) is 0 Å². The molecule has 0 N–H and O–H groups in total. The van der Waals surface area contributed by atoms with Crippen molar-refractivity contribution < 1.29 is 4.42 Å². The largest absolute Gasteiger partial charge is 0.0602 e. The van der Waals surface area contributed by atoms with Crippen LogP contribution >= 0.6 is 0 Å². The smallest absolute Gasteiger partial charge is 0.0547 e. The van der Waals surface area contributed by atoms with Gasteiger partial charge in [0.15, 0.2) is 0 Å². The molecule has 0 radical (unpaired) electrons. The van der Waals surface area contributed by atoms with Gasteiger partial charge >= 0.3 is 214 Å². The number of anilines is 3. The van der Waals surface area contributed by atoms with Crippen molar-refractivity contribution in [1.82, 2.24) is 4.57 Å². The number of hydrogen-bond acceptors (Lipinski definition) is 2. The van der Waals surface area contributed by atoms with E-state index in [1.807, 2.05) is 6.07 Å². The van der Waals surface area contributed by atoms with Crippen LogP contribution in [0.1, 0.15) is 0 Å². The molecule has 0 amide bonds. The Hall–Kier alpha value is -7.10. The van der Waals surface area contributed by atoms with E-state index in [-0.39, 0.29) is 0 Å². The molecule has 0 atom stereocenters. The number of hydrogen-bond donors (Lipinski definition) is 0. The van der Waals surface area contributed by atoms with Crippen molar-refractivity contribution in [1.29, 1.82) is 0 Å². The van der Waals surface area contributed by atoms with Crippen molar-refractivity contribution in [3.63, 3.8) is 0 Å².